The summed E-state index contributed by atoms with van der Waals surface area (Å²) >= 11 is 6.34. The topological polar surface area (TPSA) is 20.3 Å². The maximum Gasteiger partial charge on any atom is 0.245 e. The van der Waals surface area contributed by atoms with Crippen molar-refractivity contribution < 1.29 is 4.79 Å². The molecule has 0 aromatic heterocycles. The van der Waals surface area contributed by atoms with Gasteiger partial charge in [0.05, 0.1) is 0 Å². The second-order valence-corrected chi connectivity index (χ2v) is 5.82. The van der Waals surface area contributed by atoms with Crippen LogP contribution in [0.15, 0.2) is 54.6 Å². The number of benzene rings is 2. The van der Waals surface area contributed by atoms with Gasteiger partial charge >= 0.3 is 0 Å². The van der Waals surface area contributed by atoms with Crippen molar-refractivity contribution in [1.82, 2.24) is 4.90 Å². The number of halogens is 1. The molecule has 0 saturated carbocycles. The van der Waals surface area contributed by atoms with Gasteiger partial charge in [-0.3, -0.25) is 4.79 Å². The summed E-state index contributed by atoms with van der Waals surface area (Å²) in [4.78, 5) is 14.2. The van der Waals surface area contributed by atoms with Crippen LogP contribution in [0.25, 0.3) is 11.1 Å². The molecule has 3 heteroatoms. The van der Waals surface area contributed by atoms with Crippen LogP contribution in [-0.2, 0) is 4.79 Å². The van der Waals surface area contributed by atoms with E-state index >= 15 is 0 Å². The fourth-order valence-electron chi connectivity index (χ4n) is 2.72. The Labute approximate surface area is 130 Å². The predicted octanol–water partition coefficient (Wildman–Crippen LogP) is 4.26. The van der Waals surface area contributed by atoms with E-state index < -0.39 is 5.38 Å². The molecule has 21 heavy (non-hydrogen) atoms. The summed E-state index contributed by atoms with van der Waals surface area (Å²) in [7, 11) is 0. The molecule has 1 aliphatic heterocycles. The second kappa shape index (κ2) is 6.31. The van der Waals surface area contributed by atoms with Gasteiger partial charge in [0.15, 0.2) is 0 Å². The van der Waals surface area contributed by atoms with Gasteiger partial charge in [-0.1, -0.05) is 54.6 Å². The van der Waals surface area contributed by atoms with E-state index in [-0.39, 0.29) is 5.91 Å². The fourth-order valence-corrected chi connectivity index (χ4v) is 3.00. The molecule has 2 nitrogen and oxygen atoms in total. The molecule has 1 atom stereocenters. The number of hydrogen-bond acceptors (Lipinski definition) is 1. The van der Waals surface area contributed by atoms with E-state index in [0.717, 1.165) is 37.1 Å². The number of hydrogen-bond donors (Lipinski definition) is 0. The highest BCUT2D eigenvalue weighted by Crippen LogP contribution is 2.27. The first-order chi connectivity index (χ1) is 10.3. The zero-order chi connectivity index (χ0) is 14.7. The molecule has 0 aliphatic carbocycles. The molecule has 0 radical (unpaired) electrons. The first-order valence-electron chi connectivity index (χ1n) is 7.34. The van der Waals surface area contributed by atoms with Crippen LogP contribution in [0.3, 0.4) is 0 Å². The summed E-state index contributed by atoms with van der Waals surface area (Å²) in [6.07, 6.45) is 2.17. The van der Waals surface area contributed by atoms with E-state index in [1.54, 1.807) is 0 Å². The Morgan fingerprint density at radius 3 is 2.10 bits per heavy atom. The highest BCUT2D eigenvalue weighted by atomic mass is 35.5. The maximum atomic E-state index is 12.3. The first kappa shape index (κ1) is 14.2. The molecule has 0 bridgehead atoms. The zero-order valence-corrected chi connectivity index (χ0v) is 12.6. The molecule has 0 N–H and O–H groups in total. The van der Waals surface area contributed by atoms with Crippen molar-refractivity contribution >= 4 is 17.5 Å². The molecule has 2 aromatic rings. The summed E-state index contributed by atoms with van der Waals surface area (Å²) in [5.74, 6) is 0.0293. The Hall–Kier alpha value is -1.80. The summed E-state index contributed by atoms with van der Waals surface area (Å²) in [6.45, 7) is 1.67. The van der Waals surface area contributed by atoms with Crippen LogP contribution < -0.4 is 0 Å². The van der Waals surface area contributed by atoms with Crippen molar-refractivity contribution in [2.24, 2.45) is 0 Å². The molecule has 2 aromatic carbocycles. The minimum absolute atomic E-state index is 0.0293. The minimum atomic E-state index is -0.576. The Bertz CT molecular complexity index is 603. The lowest BCUT2D eigenvalue weighted by atomic mass is 10.0. The molecule has 1 heterocycles. The summed E-state index contributed by atoms with van der Waals surface area (Å²) in [5, 5.41) is -0.576. The maximum absolute atomic E-state index is 12.3. The third-order valence-corrected chi connectivity index (χ3v) is 4.38. The molecule has 0 spiro atoms. The van der Waals surface area contributed by atoms with Crippen molar-refractivity contribution in [3.8, 4) is 11.1 Å². The van der Waals surface area contributed by atoms with Gasteiger partial charge in [0, 0.05) is 13.1 Å². The molecule has 1 fully saturated rings. The first-order valence-corrected chi connectivity index (χ1v) is 7.77. The van der Waals surface area contributed by atoms with Crippen molar-refractivity contribution in [3.05, 3.63) is 60.2 Å². The van der Waals surface area contributed by atoms with Gasteiger partial charge in [-0.2, -0.15) is 0 Å². The Morgan fingerprint density at radius 2 is 1.48 bits per heavy atom. The Kier molecular flexibility index (Phi) is 4.26. The molecule has 1 amide bonds. The Morgan fingerprint density at radius 1 is 0.905 bits per heavy atom. The van der Waals surface area contributed by atoms with Crippen LogP contribution in [0.1, 0.15) is 23.8 Å². The van der Waals surface area contributed by atoms with E-state index in [1.165, 1.54) is 5.56 Å². The van der Waals surface area contributed by atoms with Crippen LogP contribution in [0.4, 0.5) is 0 Å². The summed E-state index contributed by atoms with van der Waals surface area (Å²) in [5.41, 5.74) is 3.17. The molecule has 1 saturated heterocycles. The van der Waals surface area contributed by atoms with E-state index in [9.17, 15) is 4.79 Å². The van der Waals surface area contributed by atoms with Gasteiger partial charge in [-0.25, -0.2) is 0 Å². The third kappa shape index (κ3) is 3.11. The zero-order valence-electron chi connectivity index (χ0n) is 11.8. The highest BCUT2D eigenvalue weighted by Gasteiger charge is 2.25. The normalized spacial score (nSPS) is 16.0. The lowest BCUT2D eigenvalue weighted by Gasteiger charge is -2.19. The largest absolute Gasteiger partial charge is 0.341 e. The van der Waals surface area contributed by atoms with Gasteiger partial charge < -0.3 is 4.90 Å². The van der Waals surface area contributed by atoms with Crippen molar-refractivity contribution in [2.75, 3.05) is 13.1 Å². The lowest BCUT2D eigenvalue weighted by molar-refractivity contribution is -0.129. The van der Waals surface area contributed by atoms with E-state index in [0.29, 0.717) is 0 Å². The van der Waals surface area contributed by atoms with Crippen LogP contribution in [0, 0.1) is 0 Å². The van der Waals surface area contributed by atoms with Crippen LogP contribution in [0.2, 0.25) is 0 Å². The van der Waals surface area contributed by atoms with Gasteiger partial charge in [-0.15, -0.1) is 11.6 Å². The molecule has 1 unspecified atom stereocenters. The molecule has 108 valence electrons. The van der Waals surface area contributed by atoms with Crippen molar-refractivity contribution in [2.45, 2.75) is 18.2 Å². The second-order valence-electron chi connectivity index (χ2n) is 5.38. The number of alkyl halides is 1. The molecule has 1 aliphatic rings. The van der Waals surface area contributed by atoms with Crippen molar-refractivity contribution in [3.63, 3.8) is 0 Å². The quantitative estimate of drug-likeness (QED) is 0.776. The van der Waals surface area contributed by atoms with Gasteiger partial charge in [0.2, 0.25) is 5.91 Å². The van der Waals surface area contributed by atoms with Crippen LogP contribution in [0.5, 0.6) is 0 Å². The molecular formula is C18H18ClNO. The Balaban J connectivity index is 1.76. The van der Waals surface area contributed by atoms with Crippen molar-refractivity contribution in [1.29, 1.82) is 0 Å². The average Bonchev–Trinajstić information content (AvgIpc) is 3.09. The van der Waals surface area contributed by atoms with Crippen LogP contribution in [-0.4, -0.2) is 23.9 Å². The minimum Gasteiger partial charge on any atom is -0.341 e. The molecular weight excluding hydrogens is 282 g/mol. The number of amides is 1. The van der Waals surface area contributed by atoms with Crippen LogP contribution >= 0.6 is 11.6 Å². The van der Waals surface area contributed by atoms with E-state index in [4.69, 9.17) is 11.6 Å². The fraction of sp³-hybridized carbons (Fsp3) is 0.278. The van der Waals surface area contributed by atoms with Gasteiger partial charge in [-0.05, 0) is 29.5 Å². The number of carbonyl (C=O) groups excluding carboxylic acids is 1. The monoisotopic (exact) mass is 299 g/mol. The lowest BCUT2D eigenvalue weighted by Crippen LogP contribution is -2.30. The van der Waals surface area contributed by atoms with Gasteiger partial charge in [0.25, 0.3) is 0 Å². The highest BCUT2D eigenvalue weighted by molar-refractivity contribution is 6.30. The molecule has 3 rings (SSSR count). The third-order valence-electron chi connectivity index (χ3n) is 3.95. The van der Waals surface area contributed by atoms with Gasteiger partial charge in [0.1, 0.15) is 5.38 Å². The number of rotatable bonds is 3. The van der Waals surface area contributed by atoms with E-state index in [1.807, 2.05) is 47.4 Å². The van der Waals surface area contributed by atoms with E-state index in [2.05, 4.69) is 12.1 Å². The summed E-state index contributed by atoms with van der Waals surface area (Å²) < 4.78 is 0. The SMILES string of the molecule is O=C(C(Cl)c1ccc(-c2ccccc2)cc1)N1CCCC1. The average molecular weight is 300 g/mol. The number of carbonyl (C=O) groups is 1. The predicted molar refractivity (Wildman–Crippen MR) is 86.3 cm³/mol. The smallest absolute Gasteiger partial charge is 0.245 e. The number of likely N-dealkylation sites (tertiary alicyclic amines) is 1. The standard InChI is InChI=1S/C18H18ClNO/c19-17(18(21)20-12-4-5-13-20)16-10-8-15(9-11-16)14-6-2-1-3-7-14/h1-3,6-11,17H,4-5,12-13H2. The number of nitrogens with zero attached hydrogens (tertiary/aromatic N) is 1. The summed E-state index contributed by atoms with van der Waals surface area (Å²) in [6, 6.07) is 18.1.